The Morgan fingerprint density at radius 2 is 1.54 bits per heavy atom. The van der Waals surface area contributed by atoms with Gasteiger partial charge in [-0.1, -0.05) is 59.7 Å². The van der Waals surface area contributed by atoms with Gasteiger partial charge in [0.15, 0.2) is 5.41 Å². The fourth-order valence-electron chi connectivity index (χ4n) is 4.92. The molecule has 37 heavy (non-hydrogen) atoms. The van der Waals surface area contributed by atoms with E-state index in [1.807, 2.05) is 12.1 Å². The van der Waals surface area contributed by atoms with E-state index >= 15 is 0 Å². The number of nitrogens with zero attached hydrogens (tertiary/aromatic N) is 3. The second kappa shape index (κ2) is 9.10. The molecule has 0 radical (unpaired) electrons. The predicted molar refractivity (Wildman–Crippen MR) is 133 cm³/mol. The lowest BCUT2D eigenvalue weighted by Crippen LogP contribution is -2.50. The van der Waals surface area contributed by atoms with Crippen LogP contribution >= 0.6 is 0 Å². The molecule has 0 aromatic heterocycles. The number of benzene rings is 3. The lowest BCUT2D eigenvalue weighted by atomic mass is 9.64. The van der Waals surface area contributed by atoms with Crippen LogP contribution in [-0.4, -0.2) is 8.42 Å². The highest BCUT2D eigenvalue weighted by molar-refractivity contribution is 7.92. The minimum atomic E-state index is -4.87. The normalized spacial score (nSPS) is 18.8. The highest BCUT2D eigenvalue weighted by Crippen LogP contribution is 2.59. The summed E-state index contributed by atoms with van der Waals surface area (Å²) in [5.41, 5.74) is -1.99. The van der Waals surface area contributed by atoms with Crippen molar-refractivity contribution in [3.8, 4) is 12.1 Å². The standard InChI is InChI=1S/C28H22F3N3O2S/c1-4-23-22-15-19(3)11-14-25(22)34(37(35,36)20-12-9-18(2)10-13-20)26(27(23,16-32)17-33)21-7-5-6-8-24(21)28(29,30)31/h4-15,23,26H,1H2,2-3H3/t23-,26-/m1/s1. The van der Waals surface area contributed by atoms with Crippen LogP contribution in [0, 0.1) is 41.9 Å². The summed E-state index contributed by atoms with van der Waals surface area (Å²) in [6, 6.07) is 17.0. The van der Waals surface area contributed by atoms with E-state index in [9.17, 15) is 32.1 Å². The number of hydrogen-bond donors (Lipinski definition) is 0. The summed E-state index contributed by atoms with van der Waals surface area (Å²) in [4.78, 5) is -0.180. The van der Waals surface area contributed by atoms with Crippen LogP contribution in [0.1, 0.15) is 39.8 Å². The minimum Gasteiger partial charge on any atom is -0.256 e. The molecule has 3 aromatic carbocycles. The van der Waals surface area contributed by atoms with Crippen molar-refractivity contribution < 1.29 is 21.6 Å². The number of halogens is 3. The van der Waals surface area contributed by atoms with Crippen LogP contribution in [0.15, 0.2) is 84.3 Å². The summed E-state index contributed by atoms with van der Waals surface area (Å²) in [6.07, 6.45) is -3.55. The van der Waals surface area contributed by atoms with Gasteiger partial charge in [-0.05, 0) is 49.2 Å². The molecule has 5 nitrogen and oxygen atoms in total. The fraction of sp³-hybridized carbons (Fsp3) is 0.214. The molecule has 1 heterocycles. The van der Waals surface area contributed by atoms with Gasteiger partial charge in [-0.3, -0.25) is 4.31 Å². The molecule has 0 N–H and O–H groups in total. The first-order valence-corrected chi connectivity index (χ1v) is 12.7. The monoisotopic (exact) mass is 521 g/mol. The summed E-state index contributed by atoms with van der Waals surface area (Å²) in [5.74, 6) is -1.08. The Morgan fingerprint density at radius 3 is 2.11 bits per heavy atom. The van der Waals surface area contributed by atoms with Gasteiger partial charge in [-0.25, -0.2) is 8.42 Å². The third-order valence-corrected chi connectivity index (χ3v) is 8.45. The maximum atomic E-state index is 14.2. The Morgan fingerprint density at radius 1 is 0.946 bits per heavy atom. The highest BCUT2D eigenvalue weighted by Gasteiger charge is 2.58. The van der Waals surface area contributed by atoms with E-state index in [2.05, 4.69) is 6.58 Å². The van der Waals surface area contributed by atoms with E-state index in [0.29, 0.717) is 5.56 Å². The Balaban J connectivity index is 2.20. The van der Waals surface area contributed by atoms with Gasteiger partial charge >= 0.3 is 6.18 Å². The number of sulfonamides is 1. The van der Waals surface area contributed by atoms with Crippen LogP contribution in [0.2, 0.25) is 0 Å². The molecule has 0 fully saturated rings. The zero-order valence-electron chi connectivity index (χ0n) is 20.0. The lowest BCUT2D eigenvalue weighted by Gasteiger charge is -2.48. The number of hydrogen-bond acceptors (Lipinski definition) is 4. The van der Waals surface area contributed by atoms with Crippen molar-refractivity contribution in [2.45, 2.75) is 36.9 Å². The van der Waals surface area contributed by atoms with Crippen LogP contribution in [-0.2, 0) is 16.2 Å². The number of fused-ring (bicyclic) bond motifs is 1. The van der Waals surface area contributed by atoms with Crippen molar-refractivity contribution in [3.63, 3.8) is 0 Å². The summed E-state index contributed by atoms with van der Waals surface area (Å²) in [7, 11) is -4.56. The first-order valence-electron chi connectivity index (χ1n) is 11.2. The number of rotatable bonds is 4. The van der Waals surface area contributed by atoms with Gasteiger partial charge in [0, 0.05) is 5.92 Å². The number of nitriles is 2. The largest absolute Gasteiger partial charge is 0.416 e. The van der Waals surface area contributed by atoms with Gasteiger partial charge in [0.25, 0.3) is 10.0 Å². The van der Waals surface area contributed by atoms with Crippen molar-refractivity contribution in [1.29, 1.82) is 10.5 Å². The molecule has 2 atom stereocenters. The summed E-state index contributed by atoms with van der Waals surface area (Å²) in [6.45, 7) is 7.29. The average molecular weight is 522 g/mol. The van der Waals surface area contributed by atoms with Gasteiger partial charge < -0.3 is 0 Å². The zero-order valence-corrected chi connectivity index (χ0v) is 20.8. The number of alkyl halides is 3. The van der Waals surface area contributed by atoms with Crippen molar-refractivity contribution in [2.24, 2.45) is 5.41 Å². The quantitative estimate of drug-likeness (QED) is 0.363. The molecular weight excluding hydrogens is 499 g/mol. The molecule has 0 unspecified atom stereocenters. The van der Waals surface area contributed by atoms with E-state index < -0.39 is 44.7 Å². The summed E-state index contributed by atoms with van der Waals surface area (Å²) >= 11 is 0. The Labute approximate surface area is 213 Å². The first-order chi connectivity index (χ1) is 17.4. The molecule has 0 aliphatic carbocycles. The smallest absolute Gasteiger partial charge is 0.256 e. The van der Waals surface area contributed by atoms with Crippen LogP contribution in [0.4, 0.5) is 18.9 Å². The molecule has 1 aliphatic rings. The second-order valence-electron chi connectivity index (χ2n) is 8.97. The van der Waals surface area contributed by atoms with Crippen molar-refractivity contribution >= 4 is 15.7 Å². The van der Waals surface area contributed by atoms with E-state index in [-0.39, 0.29) is 10.6 Å². The van der Waals surface area contributed by atoms with Gasteiger partial charge in [-0.15, -0.1) is 6.58 Å². The molecule has 4 rings (SSSR count). The molecule has 188 valence electrons. The molecule has 0 saturated heterocycles. The van der Waals surface area contributed by atoms with Crippen molar-refractivity contribution in [3.05, 3.63) is 107 Å². The van der Waals surface area contributed by atoms with E-state index in [4.69, 9.17) is 0 Å². The second-order valence-corrected chi connectivity index (χ2v) is 10.8. The van der Waals surface area contributed by atoms with E-state index in [1.54, 1.807) is 38.1 Å². The average Bonchev–Trinajstić information content (AvgIpc) is 2.86. The first kappa shape index (κ1) is 26.0. The molecular formula is C28H22F3N3O2S. The van der Waals surface area contributed by atoms with Crippen molar-refractivity contribution in [2.75, 3.05) is 4.31 Å². The topological polar surface area (TPSA) is 85.0 Å². The summed E-state index contributed by atoms with van der Waals surface area (Å²) in [5, 5.41) is 20.9. The Bertz CT molecular complexity index is 1550. The minimum absolute atomic E-state index is 0.0826. The Hall–Kier alpha value is -4.08. The van der Waals surface area contributed by atoms with Gasteiger partial charge in [0.1, 0.15) is 6.04 Å². The molecule has 0 amide bonds. The van der Waals surface area contributed by atoms with Crippen molar-refractivity contribution in [1.82, 2.24) is 0 Å². The number of aryl methyl sites for hydroxylation is 2. The summed E-state index contributed by atoms with van der Waals surface area (Å²) < 4.78 is 71.9. The number of allylic oxidation sites excluding steroid dienone is 1. The third kappa shape index (κ3) is 4.06. The molecule has 0 bridgehead atoms. The maximum absolute atomic E-state index is 14.2. The fourth-order valence-corrected chi connectivity index (χ4v) is 6.61. The highest BCUT2D eigenvalue weighted by atomic mass is 32.2. The predicted octanol–water partition coefficient (Wildman–Crippen LogP) is 6.58. The Kier molecular flexibility index (Phi) is 6.39. The lowest BCUT2D eigenvalue weighted by molar-refractivity contribution is -0.138. The molecule has 0 spiro atoms. The van der Waals surface area contributed by atoms with E-state index in [1.165, 1.54) is 36.4 Å². The maximum Gasteiger partial charge on any atom is 0.416 e. The molecule has 3 aromatic rings. The number of anilines is 1. The van der Waals surface area contributed by atoms with Gasteiger partial charge in [0.05, 0.1) is 28.3 Å². The molecule has 1 aliphatic heterocycles. The molecule has 0 saturated carbocycles. The van der Waals surface area contributed by atoms with Crippen LogP contribution in [0.25, 0.3) is 0 Å². The van der Waals surface area contributed by atoms with Gasteiger partial charge in [0.2, 0.25) is 0 Å². The van der Waals surface area contributed by atoms with E-state index in [0.717, 1.165) is 27.6 Å². The third-order valence-electron chi connectivity index (χ3n) is 6.66. The van der Waals surface area contributed by atoms with Crippen LogP contribution in [0.3, 0.4) is 0 Å². The zero-order chi connectivity index (χ0) is 27.2. The van der Waals surface area contributed by atoms with Crippen LogP contribution in [0.5, 0.6) is 0 Å². The molecule has 9 heteroatoms. The van der Waals surface area contributed by atoms with Crippen LogP contribution < -0.4 is 4.31 Å². The van der Waals surface area contributed by atoms with Gasteiger partial charge in [-0.2, -0.15) is 23.7 Å². The SMILES string of the molecule is C=C[C@@H]1c2cc(C)ccc2N(S(=O)(=O)c2ccc(C)cc2)[C@H](c2ccccc2C(F)(F)F)C1(C#N)C#N.